The Labute approximate surface area is 127 Å². The first-order valence-electron chi connectivity index (χ1n) is 5.25. The molecule has 2 rings (SSSR count). The van der Waals surface area contributed by atoms with Gasteiger partial charge in [-0.3, -0.25) is 0 Å². The van der Waals surface area contributed by atoms with Gasteiger partial charge in [0.1, 0.15) is 11.6 Å². The van der Waals surface area contributed by atoms with Crippen molar-refractivity contribution in [1.82, 2.24) is 0 Å². The lowest BCUT2D eigenvalue weighted by Gasteiger charge is -2.17. The third kappa shape index (κ3) is 2.92. The Morgan fingerprint density at radius 1 is 1.05 bits per heavy atom. The number of benzene rings is 2. The number of rotatable bonds is 2. The first kappa shape index (κ1) is 14.7. The number of hydrogen-bond acceptors (Lipinski definition) is 1. The highest BCUT2D eigenvalue weighted by Crippen LogP contribution is 2.34. The summed E-state index contributed by atoms with van der Waals surface area (Å²) < 4.78 is 27.4. The minimum absolute atomic E-state index is 0.00398. The third-order valence-corrected chi connectivity index (χ3v) is 3.95. The fourth-order valence-corrected chi connectivity index (χ4v) is 2.69. The van der Waals surface area contributed by atoms with E-state index in [1.54, 1.807) is 18.2 Å². The van der Waals surface area contributed by atoms with Gasteiger partial charge in [-0.1, -0.05) is 29.3 Å². The van der Waals surface area contributed by atoms with E-state index in [9.17, 15) is 8.78 Å². The van der Waals surface area contributed by atoms with Gasteiger partial charge in [-0.05, 0) is 40.2 Å². The van der Waals surface area contributed by atoms with Gasteiger partial charge in [0.15, 0.2) is 0 Å². The van der Waals surface area contributed by atoms with Crippen LogP contribution in [-0.4, -0.2) is 0 Å². The monoisotopic (exact) mass is 365 g/mol. The molecule has 0 aliphatic rings. The predicted octanol–water partition coefficient (Wildman–Crippen LogP) is 5.08. The van der Waals surface area contributed by atoms with Crippen LogP contribution in [0.1, 0.15) is 17.2 Å². The molecule has 2 aromatic rings. The molecular formula is C13H8BrCl2F2N. The fourth-order valence-electron chi connectivity index (χ4n) is 1.74. The molecule has 19 heavy (non-hydrogen) atoms. The van der Waals surface area contributed by atoms with E-state index >= 15 is 0 Å². The number of halogens is 5. The summed E-state index contributed by atoms with van der Waals surface area (Å²) in [7, 11) is 0. The molecule has 0 saturated carbocycles. The summed E-state index contributed by atoms with van der Waals surface area (Å²) in [6, 6.07) is 5.95. The molecule has 1 atom stereocenters. The molecule has 2 N–H and O–H groups in total. The molecule has 0 radical (unpaired) electrons. The van der Waals surface area contributed by atoms with Crippen LogP contribution in [0.3, 0.4) is 0 Å². The molecule has 2 aromatic carbocycles. The van der Waals surface area contributed by atoms with Crippen molar-refractivity contribution < 1.29 is 8.78 Å². The Morgan fingerprint density at radius 3 is 2.21 bits per heavy atom. The second-order valence-electron chi connectivity index (χ2n) is 3.90. The van der Waals surface area contributed by atoms with Crippen LogP contribution >= 0.6 is 39.1 Å². The van der Waals surface area contributed by atoms with Gasteiger partial charge in [-0.15, -0.1) is 0 Å². The zero-order valence-electron chi connectivity index (χ0n) is 9.43. The Morgan fingerprint density at radius 2 is 1.63 bits per heavy atom. The minimum atomic E-state index is -0.941. The Bertz CT molecular complexity index is 614. The van der Waals surface area contributed by atoms with Crippen molar-refractivity contribution in [3.63, 3.8) is 0 Å². The smallest absolute Gasteiger partial charge is 0.137 e. The average Bonchev–Trinajstić information content (AvgIpc) is 2.33. The standard InChI is InChI=1S/C13H8BrCl2F2N/c14-7-5-10(17)6(4-11(7)18)13(19)12-8(15)2-1-3-9(12)16/h1-5,13H,19H2. The van der Waals surface area contributed by atoms with Crippen molar-refractivity contribution in [2.24, 2.45) is 5.73 Å². The molecule has 0 amide bonds. The second-order valence-corrected chi connectivity index (χ2v) is 5.57. The SMILES string of the molecule is NC(c1cc(F)c(Br)cc1F)c1c(Cl)cccc1Cl. The summed E-state index contributed by atoms with van der Waals surface area (Å²) in [5.41, 5.74) is 6.31. The van der Waals surface area contributed by atoms with Gasteiger partial charge < -0.3 is 5.73 Å². The lowest BCUT2D eigenvalue weighted by molar-refractivity contribution is 0.572. The van der Waals surface area contributed by atoms with E-state index in [4.69, 9.17) is 28.9 Å². The zero-order valence-corrected chi connectivity index (χ0v) is 12.5. The molecule has 0 aromatic heterocycles. The van der Waals surface area contributed by atoms with E-state index in [2.05, 4.69) is 15.9 Å². The van der Waals surface area contributed by atoms with Crippen LogP contribution < -0.4 is 5.73 Å². The highest BCUT2D eigenvalue weighted by Gasteiger charge is 2.20. The largest absolute Gasteiger partial charge is 0.320 e. The predicted molar refractivity (Wildman–Crippen MR) is 76.6 cm³/mol. The first-order valence-corrected chi connectivity index (χ1v) is 6.80. The average molecular weight is 367 g/mol. The zero-order chi connectivity index (χ0) is 14.2. The number of nitrogens with two attached hydrogens (primary N) is 1. The maximum atomic E-state index is 13.9. The van der Waals surface area contributed by atoms with Gasteiger partial charge >= 0.3 is 0 Å². The first-order chi connectivity index (χ1) is 8.91. The van der Waals surface area contributed by atoms with Crippen molar-refractivity contribution in [2.45, 2.75) is 6.04 Å². The van der Waals surface area contributed by atoms with E-state index < -0.39 is 17.7 Å². The Hall–Kier alpha value is -0.680. The molecule has 0 aliphatic carbocycles. The Kier molecular flexibility index (Phi) is 4.46. The van der Waals surface area contributed by atoms with Gasteiger partial charge in [0.2, 0.25) is 0 Å². The van der Waals surface area contributed by atoms with Crippen molar-refractivity contribution in [3.8, 4) is 0 Å². The molecular weight excluding hydrogens is 359 g/mol. The highest BCUT2D eigenvalue weighted by atomic mass is 79.9. The summed E-state index contributed by atoms with van der Waals surface area (Å²) in [6.45, 7) is 0. The number of hydrogen-bond donors (Lipinski definition) is 1. The quantitative estimate of drug-likeness (QED) is 0.736. The van der Waals surface area contributed by atoms with Crippen LogP contribution in [0.25, 0.3) is 0 Å². The van der Waals surface area contributed by atoms with Gasteiger partial charge in [0, 0.05) is 21.2 Å². The van der Waals surface area contributed by atoms with Crippen molar-refractivity contribution >= 4 is 39.1 Å². The lowest BCUT2D eigenvalue weighted by Crippen LogP contribution is -2.15. The van der Waals surface area contributed by atoms with Crippen LogP contribution in [-0.2, 0) is 0 Å². The van der Waals surface area contributed by atoms with Crippen molar-refractivity contribution in [1.29, 1.82) is 0 Å². The van der Waals surface area contributed by atoms with E-state index in [1.807, 2.05) is 0 Å². The third-order valence-electron chi connectivity index (χ3n) is 2.69. The molecule has 1 unspecified atom stereocenters. The van der Waals surface area contributed by atoms with Gasteiger partial charge in [0.05, 0.1) is 10.5 Å². The minimum Gasteiger partial charge on any atom is -0.320 e. The van der Waals surface area contributed by atoms with E-state index in [1.165, 1.54) is 0 Å². The Balaban J connectivity index is 2.56. The van der Waals surface area contributed by atoms with Gasteiger partial charge in [-0.25, -0.2) is 8.78 Å². The molecule has 1 nitrogen and oxygen atoms in total. The maximum absolute atomic E-state index is 13.9. The topological polar surface area (TPSA) is 26.0 Å². The summed E-state index contributed by atoms with van der Waals surface area (Å²) in [6.07, 6.45) is 0. The van der Waals surface area contributed by atoms with Crippen molar-refractivity contribution in [2.75, 3.05) is 0 Å². The molecule has 0 aliphatic heterocycles. The fraction of sp³-hybridized carbons (Fsp3) is 0.0769. The summed E-state index contributed by atoms with van der Waals surface area (Å²) in [5.74, 6) is -1.23. The highest BCUT2D eigenvalue weighted by molar-refractivity contribution is 9.10. The molecule has 0 heterocycles. The molecule has 0 saturated heterocycles. The molecule has 6 heteroatoms. The van der Waals surface area contributed by atoms with E-state index in [0.29, 0.717) is 15.6 Å². The van der Waals surface area contributed by atoms with Crippen LogP contribution in [0.5, 0.6) is 0 Å². The van der Waals surface area contributed by atoms with Crippen LogP contribution in [0, 0.1) is 11.6 Å². The van der Waals surface area contributed by atoms with Crippen LogP contribution in [0.15, 0.2) is 34.8 Å². The lowest BCUT2D eigenvalue weighted by atomic mass is 9.99. The van der Waals surface area contributed by atoms with Crippen molar-refractivity contribution in [3.05, 3.63) is 67.6 Å². The van der Waals surface area contributed by atoms with Gasteiger partial charge in [-0.2, -0.15) is 0 Å². The van der Waals surface area contributed by atoms with E-state index in [-0.39, 0.29) is 10.0 Å². The molecule has 0 bridgehead atoms. The molecule has 100 valence electrons. The summed E-state index contributed by atoms with van der Waals surface area (Å²) in [4.78, 5) is 0. The van der Waals surface area contributed by atoms with Gasteiger partial charge in [0.25, 0.3) is 0 Å². The molecule has 0 spiro atoms. The second kappa shape index (κ2) is 5.75. The normalized spacial score (nSPS) is 12.5. The van der Waals surface area contributed by atoms with Crippen LogP contribution in [0.4, 0.5) is 8.78 Å². The van der Waals surface area contributed by atoms with Crippen LogP contribution in [0.2, 0.25) is 10.0 Å². The summed E-state index contributed by atoms with van der Waals surface area (Å²) in [5, 5.41) is 0.616. The maximum Gasteiger partial charge on any atom is 0.137 e. The summed E-state index contributed by atoms with van der Waals surface area (Å²) >= 11 is 14.9. The molecule has 0 fully saturated rings. The van der Waals surface area contributed by atoms with E-state index in [0.717, 1.165) is 12.1 Å².